The molecule has 0 bridgehead atoms. The van der Waals surface area contributed by atoms with Crippen molar-refractivity contribution in [1.82, 2.24) is 14.7 Å². The minimum Gasteiger partial charge on any atom is -0.490 e. The molecule has 1 saturated heterocycles. The third kappa shape index (κ3) is 4.52. The van der Waals surface area contributed by atoms with Crippen molar-refractivity contribution >= 4 is 11.7 Å². The van der Waals surface area contributed by atoms with Crippen LogP contribution in [0.5, 0.6) is 5.75 Å². The Morgan fingerprint density at radius 1 is 1.25 bits per heavy atom. The summed E-state index contributed by atoms with van der Waals surface area (Å²) in [6, 6.07) is 7.62. The van der Waals surface area contributed by atoms with E-state index in [1.54, 1.807) is 11.9 Å². The molecule has 7 heteroatoms. The molecular formula is C21H28N4O3. The zero-order valence-electron chi connectivity index (χ0n) is 16.9. The van der Waals surface area contributed by atoms with Gasteiger partial charge in [0.25, 0.3) is 5.56 Å². The maximum absolute atomic E-state index is 12.5. The number of hydrogen-bond acceptors (Lipinski definition) is 4. The average Bonchev–Trinajstić information content (AvgIpc) is 2.67. The van der Waals surface area contributed by atoms with Crippen LogP contribution in [0.15, 0.2) is 35.3 Å². The predicted molar refractivity (Wildman–Crippen MR) is 109 cm³/mol. The SMILES string of the molecule is Cc1ccc(C(C)C)cc1OC1CCN(C(=O)Nc2ccnn(C)c2=O)CC1. The minimum absolute atomic E-state index is 0.0824. The Labute approximate surface area is 165 Å². The molecule has 3 rings (SSSR count). The molecule has 7 nitrogen and oxygen atoms in total. The van der Waals surface area contributed by atoms with Crippen LogP contribution < -0.4 is 15.6 Å². The first-order chi connectivity index (χ1) is 13.3. The second-order valence-corrected chi connectivity index (χ2v) is 7.59. The normalized spacial score (nSPS) is 15.0. The van der Waals surface area contributed by atoms with E-state index in [1.807, 2.05) is 0 Å². The number of rotatable bonds is 4. The molecule has 1 aliphatic heterocycles. The third-order valence-corrected chi connectivity index (χ3v) is 5.15. The molecule has 0 unspecified atom stereocenters. The summed E-state index contributed by atoms with van der Waals surface area (Å²) in [6.07, 6.45) is 3.09. The predicted octanol–water partition coefficient (Wildman–Crippen LogP) is 3.29. The van der Waals surface area contributed by atoms with Gasteiger partial charge in [0.05, 0.1) is 0 Å². The number of aromatic nitrogens is 2. The van der Waals surface area contributed by atoms with Gasteiger partial charge in [0.1, 0.15) is 17.5 Å². The van der Waals surface area contributed by atoms with Crippen LogP contribution in [0.25, 0.3) is 0 Å². The van der Waals surface area contributed by atoms with Gasteiger partial charge in [0, 0.05) is 39.2 Å². The Kier molecular flexibility index (Phi) is 6.02. The molecule has 150 valence electrons. The zero-order valence-corrected chi connectivity index (χ0v) is 16.9. The van der Waals surface area contributed by atoms with Gasteiger partial charge in [0.2, 0.25) is 0 Å². The number of anilines is 1. The first-order valence-corrected chi connectivity index (χ1v) is 9.70. The molecule has 0 saturated carbocycles. The molecule has 1 aromatic heterocycles. The lowest BCUT2D eigenvalue weighted by atomic mass is 10.0. The van der Waals surface area contributed by atoms with Gasteiger partial charge in [-0.3, -0.25) is 4.79 Å². The molecule has 1 aliphatic rings. The van der Waals surface area contributed by atoms with Crippen LogP contribution in [-0.4, -0.2) is 39.9 Å². The Morgan fingerprint density at radius 2 is 1.96 bits per heavy atom. The number of nitrogens with zero attached hydrogens (tertiary/aromatic N) is 3. The van der Waals surface area contributed by atoms with Crippen molar-refractivity contribution in [3.63, 3.8) is 0 Å². The summed E-state index contributed by atoms with van der Waals surface area (Å²) in [5.74, 6) is 1.38. The Bertz CT molecular complexity index is 899. The molecule has 2 amide bonds. The molecule has 0 atom stereocenters. The third-order valence-electron chi connectivity index (χ3n) is 5.15. The summed E-state index contributed by atoms with van der Waals surface area (Å²) in [5, 5.41) is 6.54. The van der Waals surface area contributed by atoms with Crippen molar-refractivity contribution in [2.75, 3.05) is 18.4 Å². The van der Waals surface area contributed by atoms with Crippen molar-refractivity contribution in [1.29, 1.82) is 0 Å². The molecule has 1 N–H and O–H groups in total. The number of carbonyl (C=O) groups is 1. The van der Waals surface area contributed by atoms with Crippen molar-refractivity contribution in [3.05, 3.63) is 51.9 Å². The quantitative estimate of drug-likeness (QED) is 0.878. The van der Waals surface area contributed by atoms with E-state index in [1.165, 1.54) is 22.5 Å². The van der Waals surface area contributed by atoms with Crippen LogP contribution in [0.2, 0.25) is 0 Å². The van der Waals surface area contributed by atoms with Gasteiger partial charge >= 0.3 is 6.03 Å². The van der Waals surface area contributed by atoms with Crippen molar-refractivity contribution < 1.29 is 9.53 Å². The average molecular weight is 384 g/mol. The first kappa shape index (κ1) is 19.9. The Hall–Kier alpha value is -2.83. The number of ether oxygens (including phenoxy) is 1. The van der Waals surface area contributed by atoms with E-state index in [-0.39, 0.29) is 23.4 Å². The number of urea groups is 1. The second-order valence-electron chi connectivity index (χ2n) is 7.59. The lowest BCUT2D eigenvalue weighted by Gasteiger charge is -2.32. The van der Waals surface area contributed by atoms with Crippen molar-refractivity contribution in [2.45, 2.75) is 45.6 Å². The molecular weight excluding hydrogens is 356 g/mol. The van der Waals surface area contributed by atoms with Crippen LogP contribution in [0.4, 0.5) is 10.5 Å². The van der Waals surface area contributed by atoms with E-state index in [2.05, 4.69) is 49.4 Å². The summed E-state index contributed by atoms with van der Waals surface area (Å²) in [4.78, 5) is 26.2. The highest BCUT2D eigenvalue weighted by Gasteiger charge is 2.25. The number of amides is 2. The van der Waals surface area contributed by atoms with Crippen molar-refractivity contribution in [2.24, 2.45) is 7.05 Å². The van der Waals surface area contributed by atoms with Crippen LogP contribution in [0.3, 0.4) is 0 Å². The highest BCUT2D eigenvalue weighted by Crippen LogP contribution is 2.27. The van der Waals surface area contributed by atoms with Crippen LogP contribution in [0.1, 0.15) is 43.7 Å². The molecule has 2 heterocycles. The highest BCUT2D eigenvalue weighted by atomic mass is 16.5. The van der Waals surface area contributed by atoms with Gasteiger partial charge < -0.3 is 15.0 Å². The molecule has 28 heavy (non-hydrogen) atoms. The molecule has 0 spiro atoms. The molecule has 2 aromatic rings. The minimum atomic E-state index is -0.324. The van der Waals surface area contributed by atoms with Crippen molar-refractivity contribution in [3.8, 4) is 5.75 Å². The molecule has 0 aliphatic carbocycles. The smallest absolute Gasteiger partial charge is 0.321 e. The first-order valence-electron chi connectivity index (χ1n) is 9.70. The van der Waals surface area contributed by atoms with E-state index >= 15 is 0 Å². The Balaban J connectivity index is 1.57. The monoisotopic (exact) mass is 384 g/mol. The summed E-state index contributed by atoms with van der Waals surface area (Å²) < 4.78 is 7.44. The van der Waals surface area contributed by atoms with E-state index in [0.29, 0.717) is 19.0 Å². The topological polar surface area (TPSA) is 76.5 Å². The lowest BCUT2D eigenvalue weighted by molar-refractivity contribution is 0.115. The zero-order chi connectivity index (χ0) is 20.3. The summed E-state index contributed by atoms with van der Waals surface area (Å²) in [7, 11) is 1.55. The van der Waals surface area contributed by atoms with Gasteiger partial charge in [-0.25, -0.2) is 9.48 Å². The number of hydrogen-bond donors (Lipinski definition) is 1. The van der Waals surface area contributed by atoms with E-state index < -0.39 is 0 Å². The standard InChI is InChI=1S/C21H28N4O3/c1-14(2)16-6-5-15(3)19(13-16)28-17-8-11-25(12-9-17)21(27)23-18-7-10-22-24(4)20(18)26/h5-7,10,13-14,17H,8-9,11-12H2,1-4H3,(H,23,27). The number of aryl methyl sites for hydroxylation is 2. The fourth-order valence-corrected chi connectivity index (χ4v) is 3.25. The number of nitrogens with one attached hydrogen (secondary N) is 1. The number of carbonyl (C=O) groups excluding carboxylic acids is 1. The second kappa shape index (κ2) is 8.46. The number of benzene rings is 1. The van der Waals surface area contributed by atoms with E-state index in [4.69, 9.17) is 4.74 Å². The van der Waals surface area contributed by atoms with Gasteiger partial charge in [0.15, 0.2) is 0 Å². The van der Waals surface area contributed by atoms with Gasteiger partial charge in [-0.15, -0.1) is 0 Å². The fourth-order valence-electron chi connectivity index (χ4n) is 3.25. The maximum atomic E-state index is 12.5. The van der Waals surface area contributed by atoms with Gasteiger partial charge in [-0.05, 0) is 36.1 Å². The van der Waals surface area contributed by atoms with Crippen LogP contribution in [-0.2, 0) is 7.05 Å². The highest BCUT2D eigenvalue weighted by molar-refractivity contribution is 5.89. The van der Waals surface area contributed by atoms with Crippen LogP contribution >= 0.6 is 0 Å². The largest absolute Gasteiger partial charge is 0.490 e. The number of piperidine rings is 1. The lowest BCUT2D eigenvalue weighted by Crippen LogP contribution is -2.44. The fraction of sp³-hybridized carbons (Fsp3) is 0.476. The van der Waals surface area contributed by atoms with Crippen LogP contribution in [0, 0.1) is 6.92 Å². The van der Waals surface area contributed by atoms with Gasteiger partial charge in [-0.2, -0.15) is 5.10 Å². The summed E-state index contributed by atoms with van der Waals surface area (Å²) >= 11 is 0. The summed E-state index contributed by atoms with van der Waals surface area (Å²) in [6.45, 7) is 7.57. The maximum Gasteiger partial charge on any atom is 0.321 e. The Morgan fingerprint density at radius 3 is 2.64 bits per heavy atom. The molecule has 1 fully saturated rings. The van der Waals surface area contributed by atoms with E-state index in [9.17, 15) is 9.59 Å². The van der Waals surface area contributed by atoms with Gasteiger partial charge in [-0.1, -0.05) is 26.0 Å². The number of likely N-dealkylation sites (tertiary alicyclic amines) is 1. The molecule has 0 radical (unpaired) electrons. The molecule has 1 aromatic carbocycles. The van der Waals surface area contributed by atoms with E-state index in [0.717, 1.165) is 24.2 Å². The summed E-state index contributed by atoms with van der Waals surface area (Å²) in [5.41, 5.74) is 2.30.